The van der Waals surface area contributed by atoms with Crippen LogP contribution in [-0.2, 0) is 24.5 Å². The molecule has 1 aliphatic rings. The van der Waals surface area contributed by atoms with Crippen LogP contribution in [0.2, 0.25) is 0 Å². The highest BCUT2D eigenvalue weighted by atomic mass is 32.1. The molecule has 0 bridgehead atoms. The predicted octanol–water partition coefficient (Wildman–Crippen LogP) is 3.70. The smallest absolute Gasteiger partial charge is 0.407 e. The molecule has 0 radical (unpaired) electrons. The standard InChI is InChI=1S/C36H50N8O7S/c1-35(2,3)26-22-52-33(39-26)41-31(47)23-14-17-43-28(19-23)40-30(25(32(43)48)12-13-29(46)51-36(4,5)6)42-16-9-11-24(20-42)50-34(49)38-15-10-18-44(7,8)21-27(37)45/h12-14,17,19,22,24H,9-11,15-16,18,20-21H2,1-8H3,(H3-,37,38,39,41,45,47,49)/p+1/t24-/m1/s1. The van der Waals surface area contributed by atoms with Crippen LogP contribution in [0.4, 0.5) is 15.7 Å². The van der Waals surface area contributed by atoms with Crippen molar-refractivity contribution in [2.45, 2.75) is 77.9 Å². The van der Waals surface area contributed by atoms with Crippen molar-refractivity contribution in [1.82, 2.24) is 19.7 Å². The maximum atomic E-state index is 14.0. The molecular formula is C36H51N8O7S+. The van der Waals surface area contributed by atoms with Crippen molar-refractivity contribution in [3.05, 3.63) is 57.0 Å². The molecule has 0 aliphatic carbocycles. The van der Waals surface area contributed by atoms with Crippen LogP contribution in [0.15, 0.2) is 34.6 Å². The van der Waals surface area contributed by atoms with E-state index >= 15 is 0 Å². The van der Waals surface area contributed by atoms with Crippen molar-refractivity contribution >= 4 is 57.9 Å². The number of rotatable bonds is 12. The van der Waals surface area contributed by atoms with Crippen LogP contribution >= 0.6 is 11.3 Å². The second-order valence-corrected chi connectivity index (χ2v) is 16.4. The first-order valence-electron chi connectivity index (χ1n) is 17.3. The minimum atomic E-state index is -0.734. The van der Waals surface area contributed by atoms with E-state index in [4.69, 9.17) is 20.2 Å². The third-order valence-corrected chi connectivity index (χ3v) is 8.90. The number of piperidine rings is 1. The van der Waals surface area contributed by atoms with Crippen LogP contribution in [0.1, 0.15) is 82.4 Å². The van der Waals surface area contributed by atoms with Crippen molar-refractivity contribution in [2.75, 3.05) is 57.0 Å². The summed E-state index contributed by atoms with van der Waals surface area (Å²) in [6.45, 7) is 13.3. The number of esters is 1. The van der Waals surface area contributed by atoms with Crippen LogP contribution in [-0.4, -0.2) is 101 Å². The van der Waals surface area contributed by atoms with Gasteiger partial charge in [-0.1, -0.05) is 20.8 Å². The lowest BCUT2D eigenvalue weighted by Gasteiger charge is -2.34. The summed E-state index contributed by atoms with van der Waals surface area (Å²) >= 11 is 1.33. The topological polar surface area (TPSA) is 187 Å². The lowest BCUT2D eigenvalue weighted by molar-refractivity contribution is -0.882. The Labute approximate surface area is 307 Å². The quantitative estimate of drug-likeness (QED) is 0.107. The SMILES string of the molecule is CC(C)(C)OC(=O)C=Cc1c(N2CCC[C@@H](OC(=O)NCCC[N+](C)(C)CC(N)=O)C2)nc2cc(C(=O)Nc3nc(C(C)(C)C)cs3)ccn2c1=O. The number of nitrogens with one attached hydrogen (secondary N) is 2. The van der Waals surface area contributed by atoms with Gasteiger partial charge in [0, 0.05) is 48.1 Å². The molecular weight excluding hydrogens is 689 g/mol. The first-order valence-corrected chi connectivity index (χ1v) is 18.1. The Balaban J connectivity index is 1.57. The predicted molar refractivity (Wildman–Crippen MR) is 200 cm³/mol. The molecule has 3 amide bonds. The second kappa shape index (κ2) is 16.2. The largest absolute Gasteiger partial charge is 0.457 e. The average Bonchev–Trinajstić information content (AvgIpc) is 3.50. The molecule has 16 heteroatoms. The molecule has 4 rings (SSSR count). The molecule has 0 spiro atoms. The number of ether oxygens (including phenoxy) is 2. The molecule has 1 saturated heterocycles. The number of primary amides is 1. The average molecular weight is 740 g/mol. The van der Waals surface area contributed by atoms with Crippen molar-refractivity contribution in [2.24, 2.45) is 5.73 Å². The van der Waals surface area contributed by atoms with Gasteiger partial charge in [-0.3, -0.25) is 24.1 Å². The molecule has 0 unspecified atom stereocenters. The molecule has 1 atom stereocenters. The molecule has 0 saturated carbocycles. The van der Waals surface area contributed by atoms with Gasteiger partial charge in [-0.05, 0) is 51.8 Å². The Hall–Kier alpha value is -4.83. The van der Waals surface area contributed by atoms with Crippen molar-refractivity contribution in [1.29, 1.82) is 0 Å². The van der Waals surface area contributed by atoms with E-state index in [1.165, 1.54) is 46.2 Å². The Morgan fingerprint density at radius 2 is 1.87 bits per heavy atom. The van der Waals surface area contributed by atoms with E-state index in [1.54, 1.807) is 20.8 Å². The van der Waals surface area contributed by atoms with Gasteiger partial charge in [0.25, 0.3) is 17.4 Å². The zero-order valence-electron chi connectivity index (χ0n) is 31.3. The number of nitrogens with zero attached hydrogens (tertiary/aromatic N) is 5. The van der Waals surface area contributed by atoms with Crippen molar-refractivity contribution < 1.29 is 33.1 Å². The van der Waals surface area contributed by atoms with E-state index in [2.05, 4.69) is 15.6 Å². The summed E-state index contributed by atoms with van der Waals surface area (Å²) in [5.41, 5.74) is 5.45. The number of alkyl carbamates (subject to hydrolysis) is 1. The number of fused-ring (bicyclic) bond motifs is 1. The van der Waals surface area contributed by atoms with E-state index in [-0.39, 0.29) is 41.1 Å². The number of aromatic nitrogens is 3. The first kappa shape index (κ1) is 39.9. The minimum absolute atomic E-state index is 0.139. The van der Waals surface area contributed by atoms with Gasteiger partial charge in [0.15, 0.2) is 11.7 Å². The van der Waals surface area contributed by atoms with Gasteiger partial charge in [-0.15, -0.1) is 11.3 Å². The number of anilines is 2. The molecule has 3 aromatic rings. The molecule has 3 aromatic heterocycles. The summed E-state index contributed by atoms with van der Waals surface area (Å²) < 4.78 is 12.9. The summed E-state index contributed by atoms with van der Waals surface area (Å²) in [6, 6.07) is 3.04. The van der Waals surface area contributed by atoms with Gasteiger partial charge >= 0.3 is 12.1 Å². The number of hydrogen-bond donors (Lipinski definition) is 3. The number of quaternary nitrogens is 1. The number of carbonyl (C=O) groups is 4. The number of carbonyl (C=O) groups excluding carboxylic acids is 4. The summed E-state index contributed by atoms with van der Waals surface area (Å²) in [5, 5.41) is 7.97. The number of pyridine rings is 1. The molecule has 4 N–H and O–H groups in total. The third kappa shape index (κ3) is 11.3. The van der Waals surface area contributed by atoms with Gasteiger partial charge in [0.2, 0.25) is 0 Å². The van der Waals surface area contributed by atoms with Crippen LogP contribution < -0.4 is 26.8 Å². The Morgan fingerprint density at radius 3 is 2.52 bits per heavy atom. The number of hydrogen-bond acceptors (Lipinski definition) is 11. The lowest BCUT2D eigenvalue weighted by atomic mass is 9.93. The number of nitrogens with two attached hydrogens (primary N) is 1. The van der Waals surface area contributed by atoms with Gasteiger partial charge in [-0.25, -0.2) is 19.6 Å². The highest BCUT2D eigenvalue weighted by molar-refractivity contribution is 7.14. The zero-order chi connectivity index (χ0) is 38.4. The molecule has 282 valence electrons. The molecule has 4 heterocycles. The van der Waals surface area contributed by atoms with Gasteiger partial charge in [0.1, 0.15) is 23.2 Å². The fourth-order valence-electron chi connectivity index (χ4n) is 5.62. The van der Waals surface area contributed by atoms with Gasteiger partial charge in [-0.2, -0.15) is 0 Å². The second-order valence-electron chi connectivity index (χ2n) is 15.6. The van der Waals surface area contributed by atoms with Crippen LogP contribution in [0.5, 0.6) is 0 Å². The summed E-state index contributed by atoms with van der Waals surface area (Å²) in [5.74, 6) is -1.14. The van der Waals surface area contributed by atoms with Crippen molar-refractivity contribution in [3.8, 4) is 0 Å². The van der Waals surface area contributed by atoms with E-state index in [0.717, 1.165) is 5.69 Å². The number of thiazole rings is 1. The molecule has 1 aliphatic heterocycles. The Morgan fingerprint density at radius 1 is 1.13 bits per heavy atom. The van der Waals surface area contributed by atoms with Crippen LogP contribution in [0.3, 0.4) is 0 Å². The molecule has 0 aromatic carbocycles. The van der Waals surface area contributed by atoms with Crippen LogP contribution in [0, 0.1) is 0 Å². The fourth-order valence-corrected chi connectivity index (χ4v) is 6.55. The van der Waals surface area contributed by atoms with Gasteiger partial charge in [0.05, 0.1) is 38.4 Å². The summed E-state index contributed by atoms with van der Waals surface area (Å²) in [6.07, 6.45) is 4.82. The van der Waals surface area contributed by atoms with Crippen molar-refractivity contribution in [3.63, 3.8) is 0 Å². The maximum absolute atomic E-state index is 14.0. The molecule has 52 heavy (non-hydrogen) atoms. The fraction of sp³-hybridized carbons (Fsp3) is 0.528. The molecule has 15 nitrogen and oxygen atoms in total. The van der Waals surface area contributed by atoms with E-state index in [9.17, 15) is 24.0 Å². The number of amides is 3. The van der Waals surface area contributed by atoms with Gasteiger partial charge < -0.3 is 29.9 Å². The normalized spacial score (nSPS) is 15.5. The summed E-state index contributed by atoms with van der Waals surface area (Å²) in [7, 11) is 3.79. The summed E-state index contributed by atoms with van der Waals surface area (Å²) in [4.78, 5) is 75.1. The van der Waals surface area contributed by atoms with E-state index in [1.807, 2.05) is 45.1 Å². The zero-order valence-corrected chi connectivity index (χ0v) is 32.1. The number of likely N-dealkylation sites (N-methyl/N-ethyl adjacent to an activating group) is 1. The van der Waals surface area contributed by atoms with E-state index in [0.29, 0.717) is 48.5 Å². The monoisotopic (exact) mass is 739 g/mol. The third-order valence-electron chi connectivity index (χ3n) is 8.14. The highest BCUT2D eigenvalue weighted by Gasteiger charge is 2.28. The maximum Gasteiger partial charge on any atom is 0.407 e. The minimum Gasteiger partial charge on any atom is -0.457 e. The lowest BCUT2D eigenvalue weighted by Crippen LogP contribution is -2.47. The molecule has 1 fully saturated rings. The highest BCUT2D eigenvalue weighted by Crippen LogP contribution is 2.27. The Kier molecular flexibility index (Phi) is 12.5. The van der Waals surface area contributed by atoms with Crippen LogP contribution in [0.25, 0.3) is 11.7 Å². The first-order chi connectivity index (χ1) is 24.2. The Bertz CT molecular complexity index is 1890. The van der Waals surface area contributed by atoms with E-state index < -0.39 is 41.1 Å².